The van der Waals surface area contributed by atoms with Gasteiger partial charge in [-0.1, -0.05) is 50.9 Å². The Morgan fingerprint density at radius 1 is 1.05 bits per heavy atom. The molecule has 0 fully saturated rings. The normalized spacial score (nSPS) is 12.2. The lowest BCUT2D eigenvalue weighted by molar-refractivity contribution is 0.333. The Hall–Kier alpha value is -0.840. The van der Waals surface area contributed by atoms with Crippen LogP contribution in [0, 0.1) is 0 Å². The molecule has 0 aliphatic heterocycles. The lowest BCUT2D eigenvalue weighted by Crippen LogP contribution is -2.22. The summed E-state index contributed by atoms with van der Waals surface area (Å²) < 4.78 is 7.93. The van der Waals surface area contributed by atoms with Crippen LogP contribution in [0.25, 0.3) is 0 Å². The van der Waals surface area contributed by atoms with Gasteiger partial charge >= 0.3 is 0 Å². The Bertz CT molecular complexity index is 601. The number of hydrogen-bond acceptors (Lipinski definition) is 2. The van der Waals surface area contributed by atoms with E-state index in [2.05, 4.69) is 68.4 Å². The van der Waals surface area contributed by atoms with Crippen molar-refractivity contribution in [3.05, 3.63) is 62.5 Å². The first-order valence-electron chi connectivity index (χ1n) is 7.06. The zero-order valence-corrected chi connectivity index (χ0v) is 15.4. The fourth-order valence-electron chi connectivity index (χ4n) is 2.33. The van der Waals surface area contributed by atoms with E-state index in [9.17, 15) is 0 Å². The van der Waals surface area contributed by atoms with Crippen LogP contribution in [0.1, 0.15) is 31.0 Å². The predicted octanol–water partition coefficient (Wildman–Crippen LogP) is 5.31. The summed E-state index contributed by atoms with van der Waals surface area (Å²) in [5, 5.41) is 3.55. The van der Waals surface area contributed by atoms with Crippen LogP contribution < -0.4 is 10.1 Å². The molecular formula is C17H19Br2NO. The molecule has 2 aromatic carbocycles. The standard InChI is InChI=1S/C17H19Br2NO/c1-3-20-17(12-6-5-7-13(18)10-12)15-11-14(19)8-9-16(15)21-4-2/h5-11,17,20H,3-4H2,1-2H3. The summed E-state index contributed by atoms with van der Waals surface area (Å²) >= 11 is 7.11. The maximum absolute atomic E-state index is 5.80. The van der Waals surface area contributed by atoms with Crippen LogP contribution in [0.4, 0.5) is 0 Å². The van der Waals surface area contributed by atoms with Crippen LogP contribution in [-0.4, -0.2) is 13.2 Å². The zero-order valence-electron chi connectivity index (χ0n) is 12.2. The molecular weight excluding hydrogens is 394 g/mol. The quantitative estimate of drug-likeness (QED) is 0.694. The van der Waals surface area contributed by atoms with Gasteiger partial charge in [-0.15, -0.1) is 0 Å². The Morgan fingerprint density at radius 3 is 2.48 bits per heavy atom. The van der Waals surface area contributed by atoms with E-state index in [4.69, 9.17) is 4.74 Å². The number of nitrogens with one attached hydrogen (secondary N) is 1. The van der Waals surface area contributed by atoms with Crippen LogP contribution in [0.3, 0.4) is 0 Å². The van der Waals surface area contributed by atoms with Crippen LogP contribution in [0.2, 0.25) is 0 Å². The minimum atomic E-state index is 0.103. The molecule has 1 atom stereocenters. The van der Waals surface area contributed by atoms with Crippen LogP contribution >= 0.6 is 31.9 Å². The Labute approximate surface area is 143 Å². The van der Waals surface area contributed by atoms with E-state index in [1.165, 1.54) is 5.56 Å². The van der Waals surface area contributed by atoms with E-state index < -0.39 is 0 Å². The Morgan fingerprint density at radius 2 is 1.81 bits per heavy atom. The van der Waals surface area contributed by atoms with Gasteiger partial charge in [-0.05, 0) is 49.4 Å². The summed E-state index contributed by atoms with van der Waals surface area (Å²) in [6.07, 6.45) is 0. The second-order valence-electron chi connectivity index (χ2n) is 4.66. The second kappa shape index (κ2) is 7.97. The zero-order chi connectivity index (χ0) is 15.2. The van der Waals surface area contributed by atoms with Crippen molar-refractivity contribution in [3.8, 4) is 5.75 Å². The SMILES string of the molecule is CCNC(c1cccc(Br)c1)c1cc(Br)ccc1OCC. The van der Waals surface area contributed by atoms with E-state index in [1.54, 1.807) is 0 Å². The summed E-state index contributed by atoms with van der Waals surface area (Å²) in [7, 11) is 0. The molecule has 0 saturated carbocycles. The van der Waals surface area contributed by atoms with Crippen LogP contribution in [0.5, 0.6) is 5.75 Å². The molecule has 112 valence electrons. The maximum Gasteiger partial charge on any atom is 0.124 e. The molecule has 0 radical (unpaired) electrons. The van der Waals surface area contributed by atoms with Crippen molar-refractivity contribution in [1.29, 1.82) is 0 Å². The molecule has 2 rings (SSSR count). The Balaban J connectivity index is 2.49. The van der Waals surface area contributed by atoms with Gasteiger partial charge in [-0.25, -0.2) is 0 Å². The summed E-state index contributed by atoms with van der Waals surface area (Å²) in [6, 6.07) is 14.6. The second-order valence-corrected chi connectivity index (χ2v) is 6.49. The number of benzene rings is 2. The Kier molecular flexibility index (Phi) is 6.27. The minimum absolute atomic E-state index is 0.103. The van der Waals surface area contributed by atoms with Crippen molar-refractivity contribution in [2.24, 2.45) is 0 Å². The minimum Gasteiger partial charge on any atom is -0.494 e. The van der Waals surface area contributed by atoms with Crippen molar-refractivity contribution >= 4 is 31.9 Å². The van der Waals surface area contributed by atoms with Gasteiger partial charge in [0.2, 0.25) is 0 Å². The summed E-state index contributed by atoms with van der Waals surface area (Å²) in [5.74, 6) is 0.923. The molecule has 0 amide bonds. The third-order valence-corrected chi connectivity index (χ3v) is 4.16. The molecule has 21 heavy (non-hydrogen) atoms. The third-order valence-electron chi connectivity index (χ3n) is 3.17. The fourth-order valence-corrected chi connectivity index (χ4v) is 3.13. The van der Waals surface area contributed by atoms with E-state index in [0.29, 0.717) is 6.61 Å². The first kappa shape index (κ1) is 16.5. The topological polar surface area (TPSA) is 21.3 Å². The van der Waals surface area contributed by atoms with E-state index in [1.807, 2.05) is 25.1 Å². The van der Waals surface area contributed by atoms with E-state index in [0.717, 1.165) is 26.8 Å². The van der Waals surface area contributed by atoms with E-state index in [-0.39, 0.29) is 6.04 Å². The highest BCUT2D eigenvalue weighted by atomic mass is 79.9. The molecule has 4 heteroatoms. The molecule has 1 N–H and O–H groups in total. The molecule has 2 nitrogen and oxygen atoms in total. The fraction of sp³-hybridized carbons (Fsp3) is 0.294. The van der Waals surface area contributed by atoms with Gasteiger partial charge in [0.05, 0.1) is 12.6 Å². The number of ether oxygens (including phenoxy) is 1. The lowest BCUT2D eigenvalue weighted by Gasteiger charge is -2.22. The summed E-state index contributed by atoms with van der Waals surface area (Å²) in [5.41, 5.74) is 2.36. The molecule has 0 heterocycles. The van der Waals surface area contributed by atoms with Gasteiger partial charge in [-0.2, -0.15) is 0 Å². The highest BCUT2D eigenvalue weighted by Crippen LogP contribution is 2.33. The first-order chi connectivity index (χ1) is 10.2. The van der Waals surface area contributed by atoms with Crippen molar-refractivity contribution in [3.63, 3.8) is 0 Å². The van der Waals surface area contributed by atoms with E-state index >= 15 is 0 Å². The lowest BCUT2D eigenvalue weighted by atomic mass is 9.98. The number of rotatable bonds is 6. The molecule has 0 aromatic heterocycles. The highest BCUT2D eigenvalue weighted by Gasteiger charge is 2.18. The summed E-state index contributed by atoms with van der Waals surface area (Å²) in [6.45, 7) is 5.66. The van der Waals surface area contributed by atoms with Crippen LogP contribution in [-0.2, 0) is 0 Å². The van der Waals surface area contributed by atoms with Gasteiger partial charge in [0.25, 0.3) is 0 Å². The first-order valence-corrected chi connectivity index (χ1v) is 8.65. The predicted molar refractivity (Wildman–Crippen MR) is 95.0 cm³/mol. The molecule has 0 saturated heterocycles. The van der Waals surface area contributed by atoms with Crippen molar-refractivity contribution < 1.29 is 4.74 Å². The van der Waals surface area contributed by atoms with Gasteiger partial charge < -0.3 is 10.1 Å². The molecule has 0 aliphatic rings. The van der Waals surface area contributed by atoms with Gasteiger partial charge in [0.1, 0.15) is 5.75 Å². The highest BCUT2D eigenvalue weighted by molar-refractivity contribution is 9.10. The molecule has 0 bridgehead atoms. The van der Waals surface area contributed by atoms with Crippen LogP contribution in [0.15, 0.2) is 51.4 Å². The number of halogens is 2. The largest absolute Gasteiger partial charge is 0.494 e. The average molecular weight is 413 g/mol. The summed E-state index contributed by atoms with van der Waals surface area (Å²) in [4.78, 5) is 0. The van der Waals surface area contributed by atoms with Crippen molar-refractivity contribution in [2.75, 3.05) is 13.2 Å². The molecule has 0 aliphatic carbocycles. The van der Waals surface area contributed by atoms with Gasteiger partial charge in [-0.3, -0.25) is 0 Å². The molecule has 0 spiro atoms. The maximum atomic E-state index is 5.80. The van der Waals surface area contributed by atoms with Gasteiger partial charge in [0.15, 0.2) is 0 Å². The van der Waals surface area contributed by atoms with Gasteiger partial charge in [0, 0.05) is 14.5 Å². The average Bonchev–Trinajstić information content (AvgIpc) is 2.47. The smallest absolute Gasteiger partial charge is 0.124 e. The molecule has 2 aromatic rings. The molecule has 1 unspecified atom stereocenters. The monoisotopic (exact) mass is 411 g/mol. The number of hydrogen-bond donors (Lipinski definition) is 1. The third kappa shape index (κ3) is 4.31. The van der Waals surface area contributed by atoms with Crippen molar-refractivity contribution in [2.45, 2.75) is 19.9 Å². The van der Waals surface area contributed by atoms with Crippen molar-refractivity contribution in [1.82, 2.24) is 5.32 Å².